The van der Waals surface area contributed by atoms with E-state index in [9.17, 15) is 4.79 Å². The van der Waals surface area contributed by atoms with E-state index in [1.54, 1.807) is 11.3 Å². The van der Waals surface area contributed by atoms with Gasteiger partial charge < -0.3 is 10.5 Å². The second kappa shape index (κ2) is 7.84. The average Bonchev–Trinajstić information content (AvgIpc) is 2.71. The van der Waals surface area contributed by atoms with Crippen molar-refractivity contribution in [1.29, 1.82) is 0 Å². The molecule has 17 heavy (non-hydrogen) atoms. The molecule has 0 aliphatic carbocycles. The number of rotatable bonds is 7. The molecule has 0 saturated heterocycles. The van der Waals surface area contributed by atoms with Crippen LogP contribution < -0.4 is 5.73 Å². The first kappa shape index (κ1) is 14.7. The van der Waals surface area contributed by atoms with Crippen molar-refractivity contribution in [3.05, 3.63) is 20.8 Å². The number of carbonyl (C=O) groups excluding carboxylic acids is 1. The Morgan fingerprint density at radius 1 is 1.59 bits per heavy atom. The Morgan fingerprint density at radius 3 is 2.94 bits per heavy atom. The zero-order valence-corrected chi connectivity index (χ0v) is 12.4. The van der Waals surface area contributed by atoms with Crippen molar-refractivity contribution in [3.63, 3.8) is 0 Å². The molecule has 0 aromatic carbocycles. The van der Waals surface area contributed by atoms with E-state index in [0.29, 0.717) is 13.0 Å². The summed E-state index contributed by atoms with van der Waals surface area (Å²) in [7, 11) is 0. The Morgan fingerprint density at radius 2 is 2.35 bits per heavy atom. The summed E-state index contributed by atoms with van der Waals surface area (Å²) in [6, 6.07) is 2.07. The maximum Gasteiger partial charge on any atom is 0.305 e. The van der Waals surface area contributed by atoms with Crippen LogP contribution >= 0.6 is 27.3 Å². The van der Waals surface area contributed by atoms with Crippen LogP contribution in [0.25, 0.3) is 0 Å². The summed E-state index contributed by atoms with van der Waals surface area (Å²) in [5, 5.41) is 2.03. The van der Waals surface area contributed by atoms with Crippen molar-refractivity contribution in [2.45, 2.75) is 38.6 Å². The third-order valence-corrected chi connectivity index (χ3v) is 4.44. The van der Waals surface area contributed by atoms with Gasteiger partial charge in [0.15, 0.2) is 0 Å². The lowest BCUT2D eigenvalue weighted by molar-refractivity contribution is -0.143. The number of esters is 1. The van der Waals surface area contributed by atoms with Crippen molar-refractivity contribution in [3.8, 4) is 0 Å². The topological polar surface area (TPSA) is 52.3 Å². The molecule has 5 heteroatoms. The number of thiophene rings is 1. The van der Waals surface area contributed by atoms with Crippen LogP contribution in [-0.4, -0.2) is 12.6 Å². The highest BCUT2D eigenvalue weighted by Crippen LogP contribution is 2.30. The largest absolute Gasteiger partial charge is 0.466 e. The van der Waals surface area contributed by atoms with Crippen LogP contribution in [0, 0.1) is 0 Å². The van der Waals surface area contributed by atoms with Crippen LogP contribution in [-0.2, 0) is 9.53 Å². The Bertz CT molecular complexity index is 354. The second-order valence-corrected chi connectivity index (χ2v) is 5.59. The Labute approximate surface area is 114 Å². The van der Waals surface area contributed by atoms with Crippen molar-refractivity contribution < 1.29 is 9.53 Å². The lowest BCUT2D eigenvalue weighted by Gasteiger charge is -2.10. The predicted octanol–water partition coefficient (Wildman–Crippen LogP) is 3.63. The normalized spacial score (nSPS) is 12.4. The van der Waals surface area contributed by atoms with Gasteiger partial charge in [-0.15, -0.1) is 11.3 Å². The summed E-state index contributed by atoms with van der Waals surface area (Å²) in [5.41, 5.74) is 6.08. The zero-order chi connectivity index (χ0) is 12.7. The molecular weight excluding hydrogens is 302 g/mol. The van der Waals surface area contributed by atoms with Gasteiger partial charge >= 0.3 is 5.97 Å². The third-order valence-electron chi connectivity index (χ3n) is 2.43. The monoisotopic (exact) mass is 319 g/mol. The van der Waals surface area contributed by atoms with Crippen molar-refractivity contribution in [2.75, 3.05) is 6.61 Å². The minimum Gasteiger partial charge on any atom is -0.466 e. The van der Waals surface area contributed by atoms with E-state index in [2.05, 4.69) is 15.9 Å². The van der Waals surface area contributed by atoms with Crippen LogP contribution in [0.4, 0.5) is 0 Å². The lowest BCUT2D eigenvalue weighted by Crippen LogP contribution is -2.09. The van der Waals surface area contributed by atoms with Crippen LogP contribution in [0.1, 0.15) is 43.5 Å². The maximum absolute atomic E-state index is 11.1. The molecule has 3 nitrogen and oxygen atoms in total. The molecule has 1 heterocycles. The van der Waals surface area contributed by atoms with Gasteiger partial charge in [-0.3, -0.25) is 4.79 Å². The molecule has 0 amide bonds. The third kappa shape index (κ3) is 5.19. The number of hydrogen-bond acceptors (Lipinski definition) is 4. The van der Waals surface area contributed by atoms with Crippen molar-refractivity contribution in [1.82, 2.24) is 0 Å². The van der Waals surface area contributed by atoms with Crippen LogP contribution in [0.5, 0.6) is 0 Å². The molecule has 1 unspecified atom stereocenters. The molecule has 2 N–H and O–H groups in total. The van der Waals surface area contributed by atoms with Gasteiger partial charge in [-0.05, 0) is 47.1 Å². The summed E-state index contributed by atoms with van der Waals surface area (Å²) in [6.45, 7) is 2.28. The SMILES string of the molecule is CCOC(=O)CCCCC(N)c1sccc1Br. The molecule has 0 bridgehead atoms. The highest BCUT2D eigenvalue weighted by molar-refractivity contribution is 9.10. The fourth-order valence-corrected chi connectivity index (χ4v) is 3.27. The first-order chi connectivity index (χ1) is 8.15. The summed E-state index contributed by atoms with van der Waals surface area (Å²) >= 11 is 5.14. The fraction of sp³-hybridized carbons (Fsp3) is 0.583. The van der Waals surface area contributed by atoms with Crippen LogP contribution in [0.15, 0.2) is 15.9 Å². The summed E-state index contributed by atoms with van der Waals surface area (Å²) in [6.07, 6.45) is 3.19. The van der Waals surface area contributed by atoms with Gasteiger partial charge in [-0.25, -0.2) is 0 Å². The van der Waals surface area contributed by atoms with Gasteiger partial charge in [0, 0.05) is 21.8 Å². The predicted molar refractivity (Wildman–Crippen MR) is 74.0 cm³/mol. The van der Waals surface area contributed by atoms with E-state index in [-0.39, 0.29) is 12.0 Å². The van der Waals surface area contributed by atoms with Gasteiger partial charge in [-0.1, -0.05) is 6.42 Å². The minimum absolute atomic E-state index is 0.0616. The zero-order valence-electron chi connectivity index (χ0n) is 9.95. The number of carbonyl (C=O) groups is 1. The van der Waals surface area contributed by atoms with E-state index in [4.69, 9.17) is 10.5 Å². The smallest absolute Gasteiger partial charge is 0.305 e. The molecule has 0 radical (unpaired) electrons. The highest BCUT2D eigenvalue weighted by Gasteiger charge is 2.11. The summed E-state index contributed by atoms with van der Waals surface area (Å²) in [5.74, 6) is -0.113. The van der Waals surface area contributed by atoms with E-state index in [1.165, 1.54) is 4.88 Å². The number of ether oxygens (including phenoxy) is 1. The van der Waals surface area contributed by atoms with Gasteiger partial charge in [0.25, 0.3) is 0 Å². The molecule has 0 aliphatic heterocycles. The Balaban J connectivity index is 2.19. The molecule has 0 saturated carbocycles. The lowest BCUT2D eigenvalue weighted by atomic mass is 10.1. The molecule has 1 aromatic rings. The van der Waals surface area contributed by atoms with Gasteiger partial charge in [0.1, 0.15) is 0 Å². The first-order valence-corrected chi connectivity index (χ1v) is 7.46. The number of hydrogen-bond donors (Lipinski definition) is 1. The first-order valence-electron chi connectivity index (χ1n) is 5.79. The second-order valence-electron chi connectivity index (χ2n) is 3.79. The number of halogens is 1. The minimum atomic E-state index is -0.113. The van der Waals surface area contributed by atoms with Crippen LogP contribution in [0.2, 0.25) is 0 Å². The molecule has 0 spiro atoms. The molecular formula is C12H18BrNO2S. The average molecular weight is 320 g/mol. The molecule has 1 atom stereocenters. The standard InChI is InChI=1S/C12H18BrNO2S/c1-2-16-11(15)6-4-3-5-10(14)12-9(13)7-8-17-12/h7-8,10H,2-6,14H2,1H3. The quantitative estimate of drug-likeness (QED) is 0.616. The number of nitrogens with two attached hydrogens (primary N) is 1. The number of unbranched alkanes of at least 4 members (excludes halogenated alkanes) is 1. The van der Waals surface area contributed by atoms with Gasteiger partial charge in [0.05, 0.1) is 6.61 Å². The van der Waals surface area contributed by atoms with E-state index in [1.807, 2.05) is 18.4 Å². The molecule has 0 aliphatic rings. The Hall–Kier alpha value is -0.390. The maximum atomic E-state index is 11.1. The van der Waals surface area contributed by atoms with E-state index >= 15 is 0 Å². The molecule has 1 aromatic heterocycles. The highest BCUT2D eigenvalue weighted by atomic mass is 79.9. The molecule has 96 valence electrons. The van der Waals surface area contributed by atoms with Gasteiger partial charge in [-0.2, -0.15) is 0 Å². The van der Waals surface area contributed by atoms with E-state index < -0.39 is 0 Å². The van der Waals surface area contributed by atoms with Crippen molar-refractivity contribution >= 4 is 33.2 Å². The van der Waals surface area contributed by atoms with Crippen LogP contribution in [0.3, 0.4) is 0 Å². The van der Waals surface area contributed by atoms with Gasteiger partial charge in [0.2, 0.25) is 0 Å². The van der Waals surface area contributed by atoms with Crippen molar-refractivity contribution in [2.24, 2.45) is 5.73 Å². The fourth-order valence-electron chi connectivity index (χ4n) is 1.57. The molecule has 1 rings (SSSR count). The summed E-state index contributed by atoms with van der Waals surface area (Å²) < 4.78 is 5.95. The van der Waals surface area contributed by atoms with E-state index in [0.717, 1.165) is 23.7 Å². The Kier molecular flexibility index (Phi) is 6.77. The molecule has 0 fully saturated rings. The summed E-state index contributed by atoms with van der Waals surface area (Å²) in [4.78, 5) is 12.3.